The number of nitrogens with one attached hydrogen (secondary N) is 2. The molecule has 0 aromatic heterocycles. The summed E-state index contributed by atoms with van der Waals surface area (Å²) >= 11 is 5.57. The number of carbonyl (C=O) groups is 2. The summed E-state index contributed by atoms with van der Waals surface area (Å²) in [6.45, 7) is 6.76. The van der Waals surface area contributed by atoms with E-state index in [1.54, 1.807) is 0 Å². The molecule has 34 heavy (non-hydrogen) atoms. The second kappa shape index (κ2) is 13.1. The summed E-state index contributed by atoms with van der Waals surface area (Å²) in [5.74, 6) is -1.46. The highest BCUT2D eigenvalue weighted by atomic mass is 32.1. The first-order chi connectivity index (χ1) is 16.1. The minimum absolute atomic E-state index is 0.107. The highest BCUT2D eigenvalue weighted by Crippen LogP contribution is 2.33. The molecule has 0 bridgehead atoms. The van der Waals surface area contributed by atoms with Gasteiger partial charge >= 0.3 is 11.9 Å². The van der Waals surface area contributed by atoms with E-state index in [0.717, 1.165) is 35.2 Å². The van der Waals surface area contributed by atoms with Crippen LogP contribution in [0.2, 0.25) is 0 Å². The van der Waals surface area contributed by atoms with Gasteiger partial charge in [-0.15, -0.1) is 0 Å². The van der Waals surface area contributed by atoms with Gasteiger partial charge in [-0.1, -0.05) is 56.3 Å². The fraction of sp³-hybridized carbons (Fsp3) is 0.444. The van der Waals surface area contributed by atoms with E-state index in [0.29, 0.717) is 24.5 Å². The zero-order chi connectivity index (χ0) is 25.1. The van der Waals surface area contributed by atoms with Crippen LogP contribution in [0.15, 0.2) is 48.5 Å². The molecule has 2 rings (SSSR count). The molecule has 0 aliphatic rings. The van der Waals surface area contributed by atoms with Crippen LogP contribution < -0.4 is 10.6 Å². The normalized spacial score (nSPS) is 13.5. The Balaban J connectivity index is 2.06. The van der Waals surface area contributed by atoms with Crippen molar-refractivity contribution in [3.05, 3.63) is 65.2 Å². The van der Waals surface area contributed by atoms with Crippen LogP contribution >= 0.6 is 12.2 Å². The number of aliphatic carboxylic acids is 2. The SMILES string of the molecule is CCC(CCC(=O)O)c1ccc(C)cc1NC(=S)NCCC(C)(CCC(=O)O)c1ccccc1. The Morgan fingerprint density at radius 2 is 1.71 bits per heavy atom. The van der Waals surface area contributed by atoms with E-state index in [2.05, 4.69) is 30.5 Å². The molecule has 6 nitrogen and oxygen atoms in total. The predicted octanol–water partition coefficient (Wildman–Crippen LogP) is 5.85. The van der Waals surface area contributed by atoms with E-state index in [1.807, 2.05) is 49.4 Å². The summed E-state index contributed by atoms with van der Waals surface area (Å²) in [7, 11) is 0. The number of carboxylic acids is 2. The number of hydrogen-bond acceptors (Lipinski definition) is 3. The maximum absolute atomic E-state index is 11.2. The number of thiocarbonyl (C=S) groups is 1. The zero-order valence-electron chi connectivity index (χ0n) is 20.3. The third-order valence-electron chi connectivity index (χ3n) is 6.42. The molecule has 0 amide bonds. The Morgan fingerprint density at radius 1 is 1.03 bits per heavy atom. The summed E-state index contributed by atoms with van der Waals surface area (Å²) in [6, 6.07) is 16.1. The van der Waals surface area contributed by atoms with Crippen LogP contribution in [-0.2, 0) is 15.0 Å². The van der Waals surface area contributed by atoms with Gasteiger partial charge in [0, 0.05) is 25.1 Å². The number of aryl methyl sites for hydroxylation is 1. The molecule has 0 saturated heterocycles. The molecule has 2 aromatic rings. The second-order valence-electron chi connectivity index (χ2n) is 9.08. The summed E-state index contributed by atoms with van der Waals surface area (Å²) in [5.41, 5.74) is 3.87. The molecule has 0 heterocycles. The first kappa shape index (κ1) is 27.3. The van der Waals surface area contributed by atoms with Gasteiger partial charge in [-0.05, 0) is 78.9 Å². The molecule has 2 aromatic carbocycles. The number of rotatable bonds is 13. The van der Waals surface area contributed by atoms with Crippen molar-refractivity contribution in [1.82, 2.24) is 5.32 Å². The highest BCUT2D eigenvalue weighted by Gasteiger charge is 2.27. The van der Waals surface area contributed by atoms with Crippen LogP contribution in [0.1, 0.15) is 75.0 Å². The Kier molecular flexibility index (Phi) is 10.5. The van der Waals surface area contributed by atoms with Crippen molar-refractivity contribution in [2.45, 2.75) is 70.6 Å². The summed E-state index contributed by atoms with van der Waals surface area (Å²) in [5, 5.41) is 25.4. The van der Waals surface area contributed by atoms with Crippen LogP contribution in [0.25, 0.3) is 0 Å². The molecule has 0 aliphatic heterocycles. The Hall–Kier alpha value is -2.93. The molecular weight excluding hydrogens is 448 g/mol. The molecule has 184 valence electrons. The van der Waals surface area contributed by atoms with Crippen LogP contribution in [0.4, 0.5) is 5.69 Å². The van der Waals surface area contributed by atoms with Crippen LogP contribution in [-0.4, -0.2) is 33.8 Å². The summed E-state index contributed by atoms with van der Waals surface area (Å²) in [4.78, 5) is 22.3. The van der Waals surface area contributed by atoms with Gasteiger partial charge < -0.3 is 20.8 Å². The average Bonchev–Trinajstić information content (AvgIpc) is 2.79. The first-order valence-electron chi connectivity index (χ1n) is 11.8. The monoisotopic (exact) mass is 484 g/mol. The molecule has 0 radical (unpaired) electrons. The standard InChI is InChI=1S/C27H36N2O4S/c1-4-20(11-13-24(30)31)22-12-10-19(2)18-23(22)29-26(34)28-17-16-27(3,15-14-25(32)33)21-8-6-5-7-9-21/h5-10,12,18,20H,4,11,13-17H2,1-3H3,(H,30,31)(H,32,33)(H2,28,29,34). The first-order valence-corrected chi connectivity index (χ1v) is 12.2. The second-order valence-corrected chi connectivity index (χ2v) is 9.49. The summed E-state index contributed by atoms with van der Waals surface area (Å²) in [6.07, 6.45) is 2.91. The summed E-state index contributed by atoms with van der Waals surface area (Å²) < 4.78 is 0. The Labute approximate surface area is 207 Å². The van der Waals surface area contributed by atoms with Gasteiger partial charge in [0.1, 0.15) is 0 Å². The number of hydrogen-bond donors (Lipinski definition) is 4. The molecule has 7 heteroatoms. The fourth-order valence-corrected chi connectivity index (χ4v) is 4.48. The quantitative estimate of drug-likeness (QED) is 0.265. The van der Waals surface area contributed by atoms with Gasteiger partial charge in [-0.3, -0.25) is 9.59 Å². The zero-order valence-corrected chi connectivity index (χ0v) is 21.1. The minimum Gasteiger partial charge on any atom is -0.481 e. The lowest BCUT2D eigenvalue weighted by Crippen LogP contribution is -2.34. The van der Waals surface area contributed by atoms with Crippen molar-refractivity contribution in [2.24, 2.45) is 0 Å². The number of anilines is 1. The highest BCUT2D eigenvalue weighted by molar-refractivity contribution is 7.80. The third kappa shape index (κ3) is 8.45. The average molecular weight is 485 g/mol. The van der Waals surface area contributed by atoms with Crippen molar-refractivity contribution >= 4 is 35.0 Å². The number of benzene rings is 2. The van der Waals surface area contributed by atoms with Gasteiger partial charge in [0.05, 0.1) is 0 Å². The molecule has 0 aliphatic carbocycles. The molecule has 2 unspecified atom stereocenters. The van der Waals surface area contributed by atoms with Gasteiger partial charge in [0.15, 0.2) is 5.11 Å². The molecule has 2 atom stereocenters. The number of carboxylic acid groups (broad SMARTS) is 2. The molecular formula is C27H36N2O4S. The lowest BCUT2D eigenvalue weighted by atomic mass is 9.76. The van der Waals surface area contributed by atoms with E-state index < -0.39 is 11.9 Å². The van der Waals surface area contributed by atoms with E-state index in [1.165, 1.54) is 0 Å². The largest absolute Gasteiger partial charge is 0.481 e. The third-order valence-corrected chi connectivity index (χ3v) is 6.67. The molecule has 0 spiro atoms. The fourth-order valence-electron chi connectivity index (χ4n) is 4.27. The Morgan fingerprint density at radius 3 is 2.32 bits per heavy atom. The van der Waals surface area contributed by atoms with Gasteiger partial charge in [0.25, 0.3) is 0 Å². The van der Waals surface area contributed by atoms with Gasteiger partial charge in [-0.2, -0.15) is 0 Å². The van der Waals surface area contributed by atoms with Crippen LogP contribution in [0.5, 0.6) is 0 Å². The van der Waals surface area contributed by atoms with Crippen LogP contribution in [0, 0.1) is 6.92 Å². The van der Waals surface area contributed by atoms with E-state index in [9.17, 15) is 14.7 Å². The lowest BCUT2D eigenvalue weighted by Gasteiger charge is -2.30. The topological polar surface area (TPSA) is 98.7 Å². The predicted molar refractivity (Wildman–Crippen MR) is 141 cm³/mol. The molecule has 0 fully saturated rings. The van der Waals surface area contributed by atoms with E-state index >= 15 is 0 Å². The van der Waals surface area contributed by atoms with Crippen LogP contribution in [0.3, 0.4) is 0 Å². The van der Waals surface area contributed by atoms with Gasteiger partial charge in [-0.25, -0.2) is 0 Å². The minimum atomic E-state index is -0.798. The van der Waals surface area contributed by atoms with Crippen molar-refractivity contribution in [1.29, 1.82) is 0 Å². The van der Waals surface area contributed by atoms with Crippen molar-refractivity contribution in [2.75, 3.05) is 11.9 Å². The smallest absolute Gasteiger partial charge is 0.303 e. The maximum Gasteiger partial charge on any atom is 0.303 e. The molecule has 0 saturated carbocycles. The van der Waals surface area contributed by atoms with Crippen molar-refractivity contribution < 1.29 is 19.8 Å². The van der Waals surface area contributed by atoms with E-state index in [4.69, 9.17) is 17.3 Å². The maximum atomic E-state index is 11.2. The Bertz CT molecular complexity index is 980. The van der Waals surface area contributed by atoms with Gasteiger partial charge in [0.2, 0.25) is 0 Å². The van der Waals surface area contributed by atoms with Crippen molar-refractivity contribution in [3.8, 4) is 0 Å². The molecule has 4 N–H and O–H groups in total. The lowest BCUT2D eigenvalue weighted by molar-refractivity contribution is -0.138. The van der Waals surface area contributed by atoms with Crippen molar-refractivity contribution in [3.63, 3.8) is 0 Å². The van der Waals surface area contributed by atoms with E-state index in [-0.39, 0.29) is 24.2 Å².